The van der Waals surface area contributed by atoms with E-state index in [0.29, 0.717) is 0 Å². The fourth-order valence-electron chi connectivity index (χ4n) is 2.07. The molecule has 0 fully saturated rings. The Morgan fingerprint density at radius 2 is 0.625 bits per heavy atom. The number of rotatable bonds is 8. The quantitative estimate of drug-likeness (QED) is 0.267. The first-order chi connectivity index (χ1) is 16.8. The number of alkyl halides is 24. The summed E-state index contributed by atoms with van der Waals surface area (Å²) < 4.78 is 310. The molecule has 27 heteroatoms. The number of hydrogen-bond acceptors (Lipinski definition) is 3. The molecule has 1 atom stereocenters. The minimum absolute atomic E-state index is 0.992. The van der Waals surface area contributed by atoms with Crippen molar-refractivity contribution in [2.24, 2.45) is 0 Å². The van der Waals surface area contributed by atoms with Gasteiger partial charge in [-0.25, -0.2) is 8.78 Å². The number of ether oxygens (including phenoxy) is 1. The summed E-state index contributed by atoms with van der Waals surface area (Å²) in [6, 6.07) is 0. The van der Waals surface area contributed by atoms with Crippen molar-refractivity contribution in [2.45, 2.75) is 66.0 Å². The topological polar surface area (TPSA) is 43.4 Å². The molecule has 0 amide bonds. The molecule has 0 aliphatic rings. The van der Waals surface area contributed by atoms with Crippen molar-refractivity contribution in [2.75, 3.05) is 0 Å². The summed E-state index contributed by atoms with van der Waals surface area (Å²) in [7, 11) is 0. The van der Waals surface area contributed by atoms with Crippen molar-refractivity contribution < 1.29 is 120 Å². The van der Waals surface area contributed by atoms with Crippen LogP contribution in [0.5, 0.6) is 0 Å². The summed E-state index contributed by atoms with van der Waals surface area (Å²) in [5.74, 6) is -38.4. The molecule has 0 rings (SSSR count). The Morgan fingerprint density at radius 3 is 0.850 bits per heavy atom. The minimum Gasteiger partial charge on any atom is -0.288 e. The number of Topliss-reactive ketones (excluding diaryl/α,β-unsaturated/α-hetero) is 2. The van der Waals surface area contributed by atoms with Gasteiger partial charge in [-0.3, -0.25) is 14.3 Å². The first-order valence-electron chi connectivity index (χ1n) is 8.10. The number of carbonyl (C=O) groups excluding carboxylic acids is 2. The maximum absolute atomic E-state index is 14.0. The van der Waals surface area contributed by atoms with E-state index in [2.05, 4.69) is 0 Å². The highest BCUT2D eigenvalue weighted by molar-refractivity contribution is 5.97. The molecule has 0 saturated heterocycles. The number of ketones is 2. The van der Waals surface area contributed by atoms with Crippen molar-refractivity contribution >= 4 is 11.6 Å². The lowest BCUT2D eigenvalue weighted by molar-refractivity contribution is -0.460. The smallest absolute Gasteiger partial charge is 0.288 e. The molecule has 0 aliphatic carbocycles. The second kappa shape index (κ2) is 9.32. The molecule has 0 N–H and O–H groups in total. The average molecular weight is 660 g/mol. The van der Waals surface area contributed by atoms with E-state index in [-0.39, 0.29) is 0 Å². The van der Waals surface area contributed by atoms with E-state index in [1.165, 1.54) is 0 Å². The Labute approximate surface area is 199 Å². The fraction of sp³-hybridized carbons (Fsp3) is 0.846. The predicted octanol–water partition coefficient (Wildman–Crippen LogP) is 6.90. The third-order valence-corrected chi connectivity index (χ3v) is 4.16. The standard InChI is InChI=1S/C13F24O3/c14-3(8(21,22)23,9(24,25)26)1(38)5(16,17)7(19,20)13(36,37)40-6(18,12(33,34)35)2(39)4(15,10(27,28)29)11(30,31)32. The van der Waals surface area contributed by atoms with Gasteiger partial charge in [0.2, 0.25) is 0 Å². The molecule has 0 aromatic carbocycles. The first kappa shape index (κ1) is 37.6. The molecule has 0 radical (unpaired) electrons. The normalized spacial score (nSPS) is 17.5. The molecule has 0 heterocycles. The molecular weight excluding hydrogens is 660 g/mol. The molecule has 0 spiro atoms. The zero-order valence-electron chi connectivity index (χ0n) is 16.8. The number of hydrogen-bond donors (Lipinski definition) is 0. The van der Waals surface area contributed by atoms with Crippen LogP contribution in [-0.4, -0.2) is 77.6 Å². The van der Waals surface area contributed by atoms with E-state index >= 15 is 0 Å². The van der Waals surface area contributed by atoms with Crippen LogP contribution >= 0.6 is 0 Å². The predicted molar refractivity (Wildman–Crippen MR) is 67.7 cm³/mol. The van der Waals surface area contributed by atoms with Crippen molar-refractivity contribution in [1.82, 2.24) is 0 Å². The van der Waals surface area contributed by atoms with Crippen LogP contribution in [0, 0.1) is 0 Å². The summed E-state index contributed by atoms with van der Waals surface area (Å²) >= 11 is 0. The highest BCUT2D eigenvalue weighted by Crippen LogP contribution is 2.58. The largest absolute Gasteiger partial charge is 0.456 e. The molecule has 0 saturated carbocycles. The van der Waals surface area contributed by atoms with Crippen molar-refractivity contribution in [3.05, 3.63) is 0 Å². The van der Waals surface area contributed by atoms with Gasteiger partial charge >= 0.3 is 66.0 Å². The zero-order chi connectivity index (χ0) is 33.4. The van der Waals surface area contributed by atoms with Gasteiger partial charge in [0.1, 0.15) is 0 Å². The monoisotopic (exact) mass is 660 g/mol. The van der Waals surface area contributed by atoms with Gasteiger partial charge < -0.3 is 0 Å². The van der Waals surface area contributed by atoms with E-state index in [1.807, 2.05) is 0 Å². The first-order valence-corrected chi connectivity index (χ1v) is 8.10. The molecule has 0 aliphatic heterocycles. The van der Waals surface area contributed by atoms with Crippen LogP contribution in [0.3, 0.4) is 0 Å². The highest BCUT2D eigenvalue weighted by Gasteiger charge is 2.90. The van der Waals surface area contributed by atoms with E-state index in [4.69, 9.17) is 0 Å². The molecule has 0 bridgehead atoms. The van der Waals surface area contributed by atoms with Gasteiger partial charge in [-0.15, -0.1) is 0 Å². The van der Waals surface area contributed by atoms with Gasteiger partial charge in [-0.1, -0.05) is 0 Å². The Hall–Kier alpha value is -2.38. The van der Waals surface area contributed by atoms with Gasteiger partial charge in [-0.2, -0.15) is 96.6 Å². The Kier molecular flexibility index (Phi) is 8.76. The van der Waals surface area contributed by atoms with Gasteiger partial charge in [0.15, 0.2) is 0 Å². The minimum atomic E-state index is -8.96. The third kappa shape index (κ3) is 5.20. The van der Waals surface area contributed by atoms with Crippen LogP contribution < -0.4 is 0 Å². The summed E-state index contributed by atoms with van der Waals surface area (Å²) in [6.07, 6.45) is -49.9. The maximum atomic E-state index is 14.0. The van der Waals surface area contributed by atoms with Crippen LogP contribution in [0.25, 0.3) is 0 Å². The molecule has 0 aromatic rings. The summed E-state index contributed by atoms with van der Waals surface area (Å²) in [4.78, 5) is 21.8. The van der Waals surface area contributed by atoms with Crippen LogP contribution in [0.15, 0.2) is 0 Å². The molecule has 1 unspecified atom stereocenters. The van der Waals surface area contributed by atoms with Crippen LogP contribution in [-0.2, 0) is 14.3 Å². The van der Waals surface area contributed by atoms with E-state index in [0.717, 1.165) is 4.74 Å². The van der Waals surface area contributed by atoms with Crippen molar-refractivity contribution in [3.8, 4) is 0 Å². The summed E-state index contributed by atoms with van der Waals surface area (Å²) in [5, 5.41) is 0. The molecule has 238 valence electrons. The third-order valence-electron chi connectivity index (χ3n) is 4.16. The van der Waals surface area contributed by atoms with Crippen LogP contribution in [0.2, 0.25) is 0 Å². The molecular formula is C13F24O3. The lowest BCUT2D eigenvalue weighted by Gasteiger charge is -2.39. The number of halogens is 24. The van der Waals surface area contributed by atoms with Gasteiger partial charge in [-0.05, 0) is 0 Å². The molecule has 3 nitrogen and oxygen atoms in total. The second-order valence-corrected chi connectivity index (χ2v) is 6.83. The van der Waals surface area contributed by atoms with Gasteiger partial charge in [0.25, 0.3) is 11.6 Å². The van der Waals surface area contributed by atoms with Gasteiger partial charge in [0, 0.05) is 0 Å². The lowest BCUT2D eigenvalue weighted by Crippen LogP contribution is -2.72. The number of carbonyl (C=O) groups is 2. The maximum Gasteiger partial charge on any atom is 0.456 e. The van der Waals surface area contributed by atoms with Gasteiger partial charge in [0.05, 0.1) is 0 Å². The van der Waals surface area contributed by atoms with E-state index < -0.39 is 77.6 Å². The van der Waals surface area contributed by atoms with Crippen molar-refractivity contribution in [3.63, 3.8) is 0 Å². The SMILES string of the molecule is O=C(C(F)(F)C(F)(F)C(F)(F)OC(F)(C(=O)C(F)(C(F)(F)F)C(F)(F)F)C(F)(F)F)C(F)(C(F)(F)F)C(F)(F)F. The Bertz CT molecular complexity index is 946. The Balaban J connectivity index is 7.35. The highest BCUT2D eigenvalue weighted by atomic mass is 19.4. The lowest BCUT2D eigenvalue weighted by atomic mass is 9.90. The van der Waals surface area contributed by atoms with Crippen LogP contribution in [0.4, 0.5) is 105 Å². The summed E-state index contributed by atoms with van der Waals surface area (Å²) in [5.41, 5.74) is -16.7. The molecule has 0 aromatic heterocycles. The fourth-order valence-corrected chi connectivity index (χ4v) is 2.07. The average Bonchev–Trinajstić information content (AvgIpc) is 2.66. The van der Waals surface area contributed by atoms with E-state index in [1.54, 1.807) is 0 Å². The van der Waals surface area contributed by atoms with Crippen molar-refractivity contribution in [1.29, 1.82) is 0 Å². The zero-order valence-corrected chi connectivity index (χ0v) is 16.8. The second-order valence-electron chi connectivity index (χ2n) is 6.83. The summed E-state index contributed by atoms with van der Waals surface area (Å²) in [6.45, 7) is 0. The van der Waals surface area contributed by atoms with E-state index in [9.17, 15) is 115 Å². The van der Waals surface area contributed by atoms with Crippen LogP contribution in [0.1, 0.15) is 0 Å². The molecule has 40 heavy (non-hydrogen) atoms. The Morgan fingerprint density at radius 1 is 0.375 bits per heavy atom.